The minimum Gasteiger partial charge on any atom is -0.451 e. The molecule has 0 aliphatic rings. The molecule has 1 atom stereocenters. The molecule has 2 aromatic carbocycles. The molecule has 0 saturated carbocycles. The Bertz CT molecular complexity index is 1100. The lowest BCUT2D eigenvalue weighted by molar-refractivity contribution is 0.0901. The summed E-state index contributed by atoms with van der Waals surface area (Å²) in [5.41, 5.74) is 3.33. The summed E-state index contributed by atoms with van der Waals surface area (Å²) in [6.45, 7) is 4.76. The number of carbonyl (C=O) groups excluding carboxylic acids is 1. The quantitative estimate of drug-likeness (QED) is 0.515. The number of hydrogen-bond donors (Lipinski definition) is 1. The maximum absolute atomic E-state index is 13.0. The van der Waals surface area contributed by atoms with E-state index in [0.717, 1.165) is 22.2 Å². The van der Waals surface area contributed by atoms with Gasteiger partial charge < -0.3 is 14.5 Å². The van der Waals surface area contributed by atoms with E-state index in [1.54, 1.807) is 11.0 Å². The molecule has 0 spiro atoms. The van der Waals surface area contributed by atoms with E-state index in [-0.39, 0.29) is 11.9 Å². The number of nitrogens with one attached hydrogen (secondary N) is 1. The summed E-state index contributed by atoms with van der Waals surface area (Å²) in [6, 6.07) is 15.2. The maximum atomic E-state index is 13.0. The smallest absolute Gasteiger partial charge is 0.287 e. The number of nitrogens with zero attached hydrogens (tertiary/aromatic N) is 3. The highest BCUT2D eigenvalue weighted by Gasteiger charge is 2.22. The highest BCUT2D eigenvalue weighted by atomic mass is 16.5. The van der Waals surface area contributed by atoms with Crippen LogP contribution in [0.1, 0.15) is 41.6 Å². The molecule has 4 rings (SSSR count). The first-order valence-electron chi connectivity index (χ1n) is 9.51. The first-order chi connectivity index (χ1) is 14.2. The number of benzene rings is 2. The largest absolute Gasteiger partial charge is 0.451 e. The van der Waals surface area contributed by atoms with Gasteiger partial charge in [-0.3, -0.25) is 4.79 Å². The fraction of sp³-hybridized carbons (Fsp3) is 0.227. The van der Waals surface area contributed by atoms with Crippen LogP contribution < -0.4 is 5.32 Å². The molecular weight excluding hydrogens is 368 g/mol. The van der Waals surface area contributed by atoms with Gasteiger partial charge in [-0.05, 0) is 37.6 Å². The van der Waals surface area contributed by atoms with Crippen molar-refractivity contribution < 1.29 is 13.9 Å². The Hall–Kier alpha value is -3.45. The Morgan fingerprint density at radius 2 is 2.00 bits per heavy atom. The number of fused-ring (bicyclic) bond motifs is 1. The summed E-state index contributed by atoms with van der Waals surface area (Å²) in [6.07, 6.45) is 3.13. The van der Waals surface area contributed by atoms with E-state index in [4.69, 9.17) is 9.15 Å². The first-order valence-corrected chi connectivity index (χ1v) is 9.51. The maximum Gasteiger partial charge on any atom is 0.287 e. The molecule has 0 bridgehead atoms. The Balaban J connectivity index is 1.54. The van der Waals surface area contributed by atoms with Gasteiger partial charge in [0.25, 0.3) is 5.91 Å². The average molecular weight is 390 g/mol. The minimum absolute atomic E-state index is 0.194. The Kier molecular flexibility index (Phi) is 5.39. The molecule has 0 unspecified atom stereocenters. The fourth-order valence-corrected chi connectivity index (χ4v) is 3.23. The summed E-state index contributed by atoms with van der Waals surface area (Å²) in [4.78, 5) is 16.9. The second kappa shape index (κ2) is 8.28. The van der Waals surface area contributed by atoms with Crippen molar-refractivity contribution in [1.82, 2.24) is 20.1 Å². The molecule has 1 amide bonds. The van der Waals surface area contributed by atoms with Gasteiger partial charge in [0, 0.05) is 17.6 Å². The number of ether oxygens (including phenoxy) is 1. The third-order valence-electron chi connectivity index (χ3n) is 4.78. The van der Waals surface area contributed by atoms with E-state index in [2.05, 4.69) is 15.4 Å². The number of aromatic nitrogens is 3. The molecule has 148 valence electrons. The number of furan rings is 1. The van der Waals surface area contributed by atoms with Crippen molar-refractivity contribution in [2.75, 3.05) is 6.61 Å². The molecule has 4 aromatic rings. The summed E-state index contributed by atoms with van der Waals surface area (Å²) in [7, 11) is 0. The lowest BCUT2D eigenvalue weighted by Gasteiger charge is -2.14. The number of carbonyl (C=O) groups is 1. The van der Waals surface area contributed by atoms with Crippen LogP contribution in [-0.4, -0.2) is 27.3 Å². The SMILES string of the molecule is CCOCc1c(C(=O)N[C@H](C)c2ccc(-n3cncn3)cc2)oc2ccccc12. The van der Waals surface area contributed by atoms with E-state index in [1.807, 2.05) is 62.4 Å². The molecule has 7 heteroatoms. The monoisotopic (exact) mass is 390 g/mol. The second-order valence-electron chi connectivity index (χ2n) is 6.67. The molecule has 2 aromatic heterocycles. The van der Waals surface area contributed by atoms with Gasteiger partial charge in [-0.1, -0.05) is 30.3 Å². The zero-order valence-corrected chi connectivity index (χ0v) is 16.3. The van der Waals surface area contributed by atoms with E-state index in [9.17, 15) is 4.79 Å². The van der Waals surface area contributed by atoms with Gasteiger partial charge in [0.2, 0.25) is 0 Å². The number of hydrogen-bond acceptors (Lipinski definition) is 5. The van der Waals surface area contributed by atoms with Crippen LogP contribution in [0.15, 0.2) is 65.6 Å². The molecule has 7 nitrogen and oxygen atoms in total. The minimum atomic E-state index is -0.260. The molecule has 0 saturated heterocycles. The Morgan fingerprint density at radius 1 is 1.21 bits per heavy atom. The fourth-order valence-electron chi connectivity index (χ4n) is 3.23. The molecule has 0 radical (unpaired) electrons. The third kappa shape index (κ3) is 3.90. The van der Waals surface area contributed by atoms with Crippen molar-refractivity contribution in [3.63, 3.8) is 0 Å². The zero-order valence-electron chi connectivity index (χ0n) is 16.3. The topological polar surface area (TPSA) is 82.2 Å². The third-order valence-corrected chi connectivity index (χ3v) is 4.78. The second-order valence-corrected chi connectivity index (χ2v) is 6.67. The van der Waals surface area contributed by atoms with Crippen molar-refractivity contribution >= 4 is 16.9 Å². The van der Waals surface area contributed by atoms with Crippen molar-refractivity contribution in [1.29, 1.82) is 0 Å². The van der Waals surface area contributed by atoms with Crippen molar-refractivity contribution in [2.24, 2.45) is 0 Å². The molecule has 0 aliphatic carbocycles. The van der Waals surface area contributed by atoms with Crippen LogP contribution in [0.25, 0.3) is 16.7 Å². The standard InChI is InChI=1S/C22H22N4O3/c1-3-28-12-19-18-6-4-5-7-20(18)29-21(19)22(27)25-15(2)16-8-10-17(11-9-16)26-14-23-13-24-26/h4-11,13-15H,3,12H2,1-2H3,(H,25,27)/t15-/m1/s1. The van der Waals surface area contributed by atoms with E-state index >= 15 is 0 Å². The number of amides is 1. The average Bonchev–Trinajstić information content (AvgIpc) is 3.40. The molecule has 0 fully saturated rings. The summed E-state index contributed by atoms with van der Waals surface area (Å²) in [5, 5.41) is 8.04. The van der Waals surface area contributed by atoms with E-state index in [1.165, 1.54) is 6.33 Å². The summed E-state index contributed by atoms with van der Waals surface area (Å²) < 4.78 is 13.1. The van der Waals surface area contributed by atoms with Gasteiger partial charge in [0.05, 0.1) is 18.3 Å². The lowest BCUT2D eigenvalue weighted by Crippen LogP contribution is -2.27. The van der Waals surface area contributed by atoms with Crippen LogP contribution in [-0.2, 0) is 11.3 Å². The zero-order chi connectivity index (χ0) is 20.2. The van der Waals surface area contributed by atoms with Gasteiger partial charge >= 0.3 is 0 Å². The number of rotatable bonds is 7. The number of para-hydroxylation sites is 1. The predicted octanol–water partition coefficient (Wildman–Crippen LogP) is 4.04. The van der Waals surface area contributed by atoms with Crippen molar-refractivity contribution in [3.05, 3.63) is 78.1 Å². The van der Waals surface area contributed by atoms with Crippen molar-refractivity contribution in [3.8, 4) is 5.69 Å². The normalized spacial score (nSPS) is 12.2. The van der Waals surface area contributed by atoms with Gasteiger partial charge in [-0.25, -0.2) is 9.67 Å². The Morgan fingerprint density at radius 3 is 2.72 bits per heavy atom. The first kappa shape index (κ1) is 18.9. The van der Waals surface area contributed by atoms with E-state index in [0.29, 0.717) is 24.6 Å². The van der Waals surface area contributed by atoms with Crippen LogP contribution in [0.3, 0.4) is 0 Å². The molecule has 1 N–H and O–H groups in total. The van der Waals surface area contributed by atoms with Gasteiger partial charge in [-0.2, -0.15) is 5.10 Å². The van der Waals surface area contributed by atoms with Crippen LogP contribution in [0.2, 0.25) is 0 Å². The molecular formula is C22H22N4O3. The summed E-state index contributed by atoms with van der Waals surface area (Å²) in [5.74, 6) is 0.0366. The highest BCUT2D eigenvalue weighted by molar-refractivity contribution is 5.99. The van der Waals surface area contributed by atoms with Gasteiger partial charge in [-0.15, -0.1) is 0 Å². The predicted molar refractivity (Wildman–Crippen MR) is 109 cm³/mol. The van der Waals surface area contributed by atoms with Crippen LogP contribution in [0.5, 0.6) is 0 Å². The van der Waals surface area contributed by atoms with Crippen LogP contribution in [0, 0.1) is 0 Å². The van der Waals surface area contributed by atoms with E-state index < -0.39 is 0 Å². The van der Waals surface area contributed by atoms with Crippen LogP contribution in [0.4, 0.5) is 0 Å². The Labute approximate surface area is 168 Å². The lowest BCUT2D eigenvalue weighted by atomic mass is 10.1. The molecule has 0 aliphatic heterocycles. The van der Waals surface area contributed by atoms with Crippen molar-refractivity contribution in [2.45, 2.75) is 26.5 Å². The summed E-state index contributed by atoms with van der Waals surface area (Å²) >= 11 is 0. The molecule has 2 heterocycles. The van der Waals surface area contributed by atoms with Gasteiger partial charge in [0.1, 0.15) is 18.2 Å². The highest BCUT2D eigenvalue weighted by Crippen LogP contribution is 2.27. The van der Waals surface area contributed by atoms with Gasteiger partial charge in [0.15, 0.2) is 5.76 Å². The van der Waals surface area contributed by atoms with Crippen LogP contribution >= 0.6 is 0 Å². The molecule has 29 heavy (non-hydrogen) atoms.